The molecule has 0 radical (unpaired) electrons. The molecule has 0 fully saturated rings. The van der Waals surface area contributed by atoms with Crippen molar-refractivity contribution in [1.29, 1.82) is 0 Å². The molecule has 0 unspecified atom stereocenters. The van der Waals surface area contributed by atoms with Gasteiger partial charge in [0.05, 0.1) is 0 Å². The first-order chi connectivity index (χ1) is 7.31. The molecular weight excluding hydrogens is 220 g/mol. The molecular formula is C13H17ClN2. The summed E-state index contributed by atoms with van der Waals surface area (Å²) in [5.41, 5.74) is 9.38. The van der Waals surface area contributed by atoms with E-state index in [0.29, 0.717) is 6.54 Å². The smallest absolute Gasteiger partial charge is 0.0190 e. The van der Waals surface area contributed by atoms with Gasteiger partial charge in [-0.1, -0.05) is 30.3 Å². The maximum Gasteiger partial charge on any atom is 0.0190 e. The first-order valence-corrected chi connectivity index (χ1v) is 5.22. The molecule has 0 atom stereocenters. The van der Waals surface area contributed by atoms with Crippen LogP contribution in [0.4, 0.5) is 0 Å². The highest BCUT2D eigenvalue weighted by Crippen LogP contribution is 2.21. The molecule has 2 N–H and O–H groups in total. The number of hydrogen-bond donors (Lipinski definition) is 1. The van der Waals surface area contributed by atoms with E-state index in [1.54, 1.807) is 0 Å². The van der Waals surface area contributed by atoms with E-state index in [-0.39, 0.29) is 12.4 Å². The van der Waals surface area contributed by atoms with Crippen molar-refractivity contribution in [3.8, 4) is 11.1 Å². The number of nitrogens with zero attached hydrogens (tertiary/aromatic N) is 1. The normalized spacial score (nSPS) is 9.88. The van der Waals surface area contributed by atoms with Crippen molar-refractivity contribution in [1.82, 2.24) is 4.57 Å². The molecule has 0 spiro atoms. The van der Waals surface area contributed by atoms with Crippen LogP contribution in [-0.4, -0.2) is 11.1 Å². The molecule has 16 heavy (non-hydrogen) atoms. The van der Waals surface area contributed by atoms with E-state index in [4.69, 9.17) is 5.73 Å². The zero-order valence-electron chi connectivity index (χ0n) is 9.39. The number of aromatic nitrogens is 1. The molecule has 0 bridgehead atoms. The molecule has 0 aliphatic heterocycles. The van der Waals surface area contributed by atoms with Crippen LogP contribution in [0.3, 0.4) is 0 Å². The Morgan fingerprint density at radius 1 is 1.12 bits per heavy atom. The van der Waals surface area contributed by atoms with Gasteiger partial charge in [0.25, 0.3) is 0 Å². The average Bonchev–Trinajstić information content (AvgIpc) is 2.63. The van der Waals surface area contributed by atoms with Crippen LogP contribution in [0, 0.1) is 0 Å². The standard InChI is InChI=1S/C13H16N2.ClH/c1-15-10-12(9-13(15)7-8-14)11-5-3-2-4-6-11;/h2-6,9-10H,7-8,14H2,1H3;1H. The molecule has 0 amide bonds. The molecule has 1 aromatic carbocycles. The van der Waals surface area contributed by atoms with Crippen molar-refractivity contribution in [3.63, 3.8) is 0 Å². The maximum absolute atomic E-state index is 5.56. The van der Waals surface area contributed by atoms with Crippen LogP contribution in [0.15, 0.2) is 42.6 Å². The summed E-state index contributed by atoms with van der Waals surface area (Å²) in [6.45, 7) is 0.700. The van der Waals surface area contributed by atoms with Crippen molar-refractivity contribution >= 4 is 12.4 Å². The monoisotopic (exact) mass is 236 g/mol. The fourth-order valence-corrected chi connectivity index (χ4v) is 1.80. The largest absolute Gasteiger partial charge is 0.354 e. The zero-order valence-corrected chi connectivity index (χ0v) is 10.2. The van der Waals surface area contributed by atoms with E-state index in [0.717, 1.165) is 6.42 Å². The fourth-order valence-electron chi connectivity index (χ4n) is 1.80. The second-order valence-corrected chi connectivity index (χ2v) is 3.74. The van der Waals surface area contributed by atoms with Gasteiger partial charge in [0.15, 0.2) is 0 Å². The minimum atomic E-state index is 0. The summed E-state index contributed by atoms with van der Waals surface area (Å²) < 4.78 is 2.15. The van der Waals surface area contributed by atoms with Crippen molar-refractivity contribution in [2.24, 2.45) is 12.8 Å². The zero-order chi connectivity index (χ0) is 10.7. The molecule has 0 saturated heterocycles. The second kappa shape index (κ2) is 5.73. The van der Waals surface area contributed by atoms with E-state index < -0.39 is 0 Å². The van der Waals surface area contributed by atoms with Crippen molar-refractivity contribution in [2.45, 2.75) is 6.42 Å². The predicted molar refractivity (Wildman–Crippen MR) is 70.9 cm³/mol. The first kappa shape index (κ1) is 12.8. The van der Waals surface area contributed by atoms with Crippen LogP contribution in [0.25, 0.3) is 11.1 Å². The summed E-state index contributed by atoms with van der Waals surface area (Å²) >= 11 is 0. The fraction of sp³-hybridized carbons (Fsp3) is 0.231. The van der Waals surface area contributed by atoms with Gasteiger partial charge in [-0.25, -0.2) is 0 Å². The highest BCUT2D eigenvalue weighted by atomic mass is 35.5. The average molecular weight is 237 g/mol. The molecule has 86 valence electrons. The number of aryl methyl sites for hydroxylation is 1. The van der Waals surface area contributed by atoms with Gasteiger partial charge in [-0.3, -0.25) is 0 Å². The molecule has 0 saturated carbocycles. The molecule has 3 heteroatoms. The summed E-state index contributed by atoms with van der Waals surface area (Å²) in [7, 11) is 2.07. The molecule has 0 aliphatic carbocycles. The van der Waals surface area contributed by atoms with Crippen LogP contribution in [0.1, 0.15) is 5.69 Å². The number of nitrogens with two attached hydrogens (primary N) is 1. The van der Waals surface area contributed by atoms with E-state index in [1.807, 2.05) is 6.07 Å². The third-order valence-corrected chi connectivity index (χ3v) is 2.62. The van der Waals surface area contributed by atoms with Crippen molar-refractivity contribution in [3.05, 3.63) is 48.3 Å². The number of rotatable bonds is 3. The van der Waals surface area contributed by atoms with Crippen LogP contribution in [0.5, 0.6) is 0 Å². The molecule has 1 heterocycles. The Labute approximate surface area is 102 Å². The molecule has 1 aromatic heterocycles. The third-order valence-electron chi connectivity index (χ3n) is 2.62. The molecule has 2 nitrogen and oxygen atoms in total. The summed E-state index contributed by atoms with van der Waals surface area (Å²) in [6.07, 6.45) is 3.09. The Morgan fingerprint density at radius 2 is 1.81 bits per heavy atom. The highest BCUT2D eigenvalue weighted by molar-refractivity contribution is 5.85. The van der Waals surface area contributed by atoms with E-state index >= 15 is 0 Å². The van der Waals surface area contributed by atoms with E-state index in [2.05, 4.69) is 48.1 Å². The van der Waals surface area contributed by atoms with Crippen LogP contribution in [0.2, 0.25) is 0 Å². The van der Waals surface area contributed by atoms with Crippen molar-refractivity contribution < 1.29 is 0 Å². The summed E-state index contributed by atoms with van der Waals surface area (Å²) in [5.74, 6) is 0. The van der Waals surface area contributed by atoms with Gasteiger partial charge in [0.2, 0.25) is 0 Å². The summed E-state index contributed by atoms with van der Waals surface area (Å²) in [4.78, 5) is 0. The number of benzene rings is 1. The van der Waals surface area contributed by atoms with Gasteiger partial charge in [0, 0.05) is 18.9 Å². The van der Waals surface area contributed by atoms with Gasteiger partial charge in [0.1, 0.15) is 0 Å². The highest BCUT2D eigenvalue weighted by Gasteiger charge is 2.03. The quantitative estimate of drug-likeness (QED) is 0.873. The van der Waals surface area contributed by atoms with E-state index in [1.165, 1.54) is 16.8 Å². The SMILES string of the molecule is Cl.Cn1cc(-c2ccccc2)cc1CCN. The van der Waals surface area contributed by atoms with Gasteiger partial charge in [-0.15, -0.1) is 12.4 Å². The lowest BCUT2D eigenvalue weighted by Crippen LogP contribution is -2.05. The predicted octanol–water partition coefficient (Wildman–Crippen LogP) is 2.62. The van der Waals surface area contributed by atoms with Gasteiger partial charge in [-0.2, -0.15) is 0 Å². The van der Waals surface area contributed by atoms with Crippen molar-refractivity contribution in [2.75, 3.05) is 6.54 Å². The number of halogens is 1. The summed E-state index contributed by atoms with van der Waals surface area (Å²) in [5, 5.41) is 0. The first-order valence-electron chi connectivity index (χ1n) is 5.22. The Kier molecular flexibility index (Phi) is 4.59. The van der Waals surface area contributed by atoms with Crippen LogP contribution in [-0.2, 0) is 13.5 Å². The van der Waals surface area contributed by atoms with Gasteiger partial charge >= 0.3 is 0 Å². The Morgan fingerprint density at radius 3 is 2.44 bits per heavy atom. The van der Waals surface area contributed by atoms with Gasteiger partial charge < -0.3 is 10.3 Å². The Bertz CT molecular complexity index is 434. The van der Waals surface area contributed by atoms with Crippen LogP contribution < -0.4 is 5.73 Å². The summed E-state index contributed by atoms with van der Waals surface area (Å²) in [6, 6.07) is 12.6. The van der Waals surface area contributed by atoms with Gasteiger partial charge in [-0.05, 0) is 30.2 Å². The number of hydrogen-bond acceptors (Lipinski definition) is 1. The topological polar surface area (TPSA) is 30.9 Å². The Hall–Kier alpha value is -1.25. The lowest BCUT2D eigenvalue weighted by Gasteiger charge is -1.98. The lowest BCUT2D eigenvalue weighted by atomic mass is 10.1. The minimum Gasteiger partial charge on any atom is -0.354 e. The van der Waals surface area contributed by atoms with Crippen LogP contribution >= 0.6 is 12.4 Å². The molecule has 0 aliphatic rings. The lowest BCUT2D eigenvalue weighted by molar-refractivity contribution is 0.807. The molecule has 2 aromatic rings. The second-order valence-electron chi connectivity index (χ2n) is 3.74. The Balaban J connectivity index is 0.00000128. The maximum atomic E-state index is 5.56. The third kappa shape index (κ3) is 2.65. The van der Waals surface area contributed by atoms with E-state index in [9.17, 15) is 0 Å². The molecule has 2 rings (SSSR count). The minimum absolute atomic E-state index is 0.